The molecule has 0 aromatic heterocycles. The number of rotatable bonds is 2. The highest BCUT2D eigenvalue weighted by molar-refractivity contribution is 7.99. The molecular weight excluding hydrogens is 258 g/mol. The Morgan fingerprint density at radius 1 is 1.11 bits per heavy atom. The Labute approximate surface area is 116 Å². The van der Waals surface area contributed by atoms with Gasteiger partial charge in [0.25, 0.3) is 0 Å². The highest BCUT2D eigenvalue weighted by atomic mass is 32.2. The molecule has 1 heterocycles. The van der Waals surface area contributed by atoms with Crippen molar-refractivity contribution in [3.63, 3.8) is 0 Å². The largest absolute Gasteiger partial charge is 0.497 e. The van der Waals surface area contributed by atoms with Gasteiger partial charge < -0.3 is 10.1 Å². The van der Waals surface area contributed by atoms with Crippen LogP contribution >= 0.6 is 11.8 Å². The predicted octanol–water partition coefficient (Wildman–Crippen LogP) is 4.11. The highest BCUT2D eigenvalue weighted by Gasteiger charge is 2.17. The molecule has 1 N–H and O–H groups in total. The topological polar surface area (TPSA) is 38.3 Å². The van der Waals surface area contributed by atoms with Crippen LogP contribution in [0.15, 0.2) is 46.2 Å². The molecule has 0 bridgehead atoms. The van der Waals surface area contributed by atoms with Crippen LogP contribution in [0, 0.1) is 0 Å². The third-order valence-electron chi connectivity index (χ3n) is 3.06. The van der Waals surface area contributed by atoms with Gasteiger partial charge in [0, 0.05) is 21.4 Å². The van der Waals surface area contributed by atoms with E-state index in [-0.39, 0.29) is 5.78 Å². The molecule has 0 radical (unpaired) electrons. The van der Waals surface area contributed by atoms with E-state index in [2.05, 4.69) is 5.32 Å². The summed E-state index contributed by atoms with van der Waals surface area (Å²) in [7, 11) is 1.65. The second-order valence-electron chi connectivity index (χ2n) is 4.36. The molecule has 4 heteroatoms. The standard InChI is InChI=1S/C15H13NO2S/c1-9(17)10-3-5-14-12(7-10)16-13-8-11(18-2)4-6-15(13)19-14/h3-8,16H,1-2H3. The molecule has 0 saturated carbocycles. The van der Waals surface area contributed by atoms with Crippen LogP contribution in [-0.2, 0) is 0 Å². The Kier molecular flexibility index (Phi) is 2.95. The van der Waals surface area contributed by atoms with E-state index >= 15 is 0 Å². The zero-order valence-electron chi connectivity index (χ0n) is 10.7. The van der Waals surface area contributed by atoms with Crippen LogP contribution in [0.5, 0.6) is 5.75 Å². The average molecular weight is 271 g/mol. The minimum absolute atomic E-state index is 0.0750. The van der Waals surface area contributed by atoms with Gasteiger partial charge in [0.15, 0.2) is 5.78 Å². The lowest BCUT2D eigenvalue weighted by Crippen LogP contribution is -2.02. The van der Waals surface area contributed by atoms with Crippen molar-refractivity contribution in [2.45, 2.75) is 16.7 Å². The van der Waals surface area contributed by atoms with Crippen LogP contribution in [-0.4, -0.2) is 12.9 Å². The summed E-state index contributed by atoms with van der Waals surface area (Å²) in [6, 6.07) is 11.7. The first kappa shape index (κ1) is 12.1. The van der Waals surface area contributed by atoms with Crippen LogP contribution in [0.1, 0.15) is 17.3 Å². The molecule has 0 atom stereocenters. The Morgan fingerprint density at radius 2 is 1.79 bits per heavy atom. The SMILES string of the molecule is COc1ccc2c(c1)Nc1cc(C(C)=O)ccc1S2. The highest BCUT2D eigenvalue weighted by Crippen LogP contribution is 2.45. The van der Waals surface area contributed by atoms with E-state index in [1.54, 1.807) is 25.8 Å². The molecule has 96 valence electrons. The first-order valence-corrected chi connectivity index (χ1v) is 6.77. The zero-order chi connectivity index (χ0) is 13.4. The lowest BCUT2D eigenvalue weighted by molar-refractivity contribution is 0.101. The number of nitrogens with one attached hydrogen (secondary N) is 1. The molecule has 0 aliphatic carbocycles. The molecule has 19 heavy (non-hydrogen) atoms. The number of ether oxygens (including phenoxy) is 1. The number of hydrogen-bond donors (Lipinski definition) is 1. The second kappa shape index (κ2) is 4.63. The van der Waals surface area contributed by atoms with Crippen molar-refractivity contribution in [3.8, 4) is 5.75 Å². The van der Waals surface area contributed by atoms with Crippen LogP contribution in [0.25, 0.3) is 0 Å². The summed E-state index contributed by atoms with van der Waals surface area (Å²) >= 11 is 1.69. The summed E-state index contributed by atoms with van der Waals surface area (Å²) in [4.78, 5) is 13.7. The Balaban J connectivity index is 2.02. The summed E-state index contributed by atoms with van der Waals surface area (Å²) in [5.41, 5.74) is 2.70. The summed E-state index contributed by atoms with van der Waals surface area (Å²) in [5, 5.41) is 3.36. The minimum atomic E-state index is 0.0750. The number of Topliss-reactive ketones (excluding diaryl/α,β-unsaturated/α-hetero) is 1. The van der Waals surface area contributed by atoms with Gasteiger partial charge in [-0.2, -0.15) is 0 Å². The lowest BCUT2D eigenvalue weighted by Gasteiger charge is -2.21. The third-order valence-corrected chi connectivity index (χ3v) is 4.21. The van der Waals surface area contributed by atoms with E-state index in [4.69, 9.17) is 4.74 Å². The zero-order valence-corrected chi connectivity index (χ0v) is 11.5. The molecule has 1 aliphatic rings. The maximum absolute atomic E-state index is 11.4. The normalized spacial score (nSPS) is 12.1. The lowest BCUT2D eigenvalue weighted by atomic mass is 10.1. The molecule has 2 aromatic carbocycles. The number of carbonyl (C=O) groups is 1. The van der Waals surface area contributed by atoms with Gasteiger partial charge in [0.1, 0.15) is 5.75 Å². The monoisotopic (exact) mass is 271 g/mol. The van der Waals surface area contributed by atoms with Crippen LogP contribution in [0.2, 0.25) is 0 Å². The van der Waals surface area contributed by atoms with E-state index < -0.39 is 0 Å². The van der Waals surface area contributed by atoms with Crippen LogP contribution in [0.4, 0.5) is 11.4 Å². The van der Waals surface area contributed by atoms with Crippen LogP contribution < -0.4 is 10.1 Å². The van der Waals surface area contributed by atoms with Gasteiger partial charge in [-0.05, 0) is 31.2 Å². The van der Waals surface area contributed by atoms with Crippen molar-refractivity contribution in [1.29, 1.82) is 0 Å². The number of carbonyl (C=O) groups excluding carboxylic acids is 1. The fourth-order valence-electron chi connectivity index (χ4n) is 2.02. The maximum atomic E-state index is 11.4. The van der Waals surface area contributed by atoms with Gasteiger partial charge in [-0.3, -0.25) is 4.79 Å². The van der Waals surface area contributed by atoms with Gasteiger partial charge in [0.05, 0.1) is 18.5 Å². The Morgan fingerprint density at radius 3 is 2.47 bits per heavy atom. The van der Waals surface area contributed by atoms with Crippen molar-refractivity contribution in [2.75, 3.05) is 12.4 Å². The molecule has 0 spiro atoms. The number of ketones is 1. The third kappa shape index (κ3) is 2.19. The second-order valence-corrected chi connectivity index (χ2v) is 5.44. The summed E-state index contributed by atoms with van der Waals surface area (Å²) in [5.74, 6) is 0.893. The van der Waals surface area contributed by atoms with E-state index in [0.717, 1.165) is 32.5 Å². The number of methoxy groups -OCH3 is 1. The summed E-state index contributed by atoms with van der Waals surface area (Å²) < 4.78 is 5.23. The number of fused-ring (bicyclic) bond motifs is 2. The molecule has 0 saturated heterocycles. The molecule has 3 rings (SSSR count). The molecule has 1 aliphatic heterocycles. The summed E-state index contributed by atoms with van der Waals surface area (Å²) in [6.45, 7) is 1.58. The molecule has 0 amide bonds. The summed E-state index contributed by atoms with van der Waals surface area (Å²) in [6.07, 6.45) is 0. The van der Waals surface area contributed by atoms with Gasteiger partial charge in [-0.25, -0.2) is 0 Å². The van der Waals surface area contributed by atoms with E-state index in [9.17, 15) is 4.79 Å². The molecular formula is C15H13NO2S. The minimum Gasteiger partial charge on any atom is -0.497 e. The Bertz CT molecular complexity index is 667. The van der Waals surface area contributed by atoms with Crippen molar-refractivity contribution < 1.29 is 9.53 Å². The predicted molar refractivity (Wildman–Crippen MR) is 76.8 cm³/mol. The quantitative estimate of drug-likeness (QED) is 0.712. The van der Waals surface area contributed by atoms with Crippen molar-refractivity contribution in [3.05, 3.63) is 42.0 Å². The maximum Gasteiger partial charge on any atom is 0.159 e. The van der Waals surface area contributed by atoms with Crippen molar-refractivity contribution in [2.24, 2.45) is 0 Å². The van der Waals surface area contributed by atoms with Gasteiger partial charge in [-0.1, -0.05) is 17.8 Å². The van der Waals surface area contributed by atoms with Gasteiger partial charge in [-0.15, -0.1) is 0 Å². The first-order chi connectivity index (χ1) is 9.17. The number of hydrogen-bond acceptors (Lipinski definition) is 4. The Hall–Kier alpha value is -1.94. The molecule has 2 aromatic rings. The van der Waals surface area contributed by atoms with Crippen LogP contribution in [0.3, 0.4) is 0 Å². The fraction of sp³-hybridized carbons (Fsp3) is 0.133. The van der Waals surface area contributed by atoms with E-state index in [1.165, 1.54) is 0 Å². The van der Waals surface area contributed by atoms with Gasteiger partial charge in [0.2, 0.25) is 0 Å². The van der Waals surface area contributed by atoms with E-state index in [1.807, 2.05) is 36.4 Å². The number of anilines is 2. The molecule has 0 unspecified atom stereocenters. The average Bonchev–Trinajstić information content (AvgIpc) is 2.43. The van der Waals surface area contributed by atoms with E-state index in [0.29, 0.717) is 0 Å². The smallest absolute Gasteiger partial charge is 0.159 e. The number of benzene rings is 2. The first-order valence-electron chi connectivity index (χ1n) is 5.95. The van der Waals surface area contributed by atoms with Gasteiger partial charge >= 0.3 is 0 Å². The molecule has 3 nitrogen and oxygen atoms in total. The van der Waals surface area contributed by atoms with Crippen molar-refractivity contribution in [1.82, 2.24) is 0 Å². The van der Waals surface area contributed by atoms with Crippen molar-refractivity contribution >= 4 is 28.9 Å². The molecule has 0 fully saturated rings. The fourth-order valence-corrected chi connectivity index (χ4v) is 2.97.